The lowest BCUT2D eigenvalue weighted by molar-refractivity contribution is -0.742. The number of rotatable bonds is 2. The highest BCUT2D eigenvalue weighted by molar-refractivity contribution is 7.94. The summed E-state index contributed by atoms with van der Waals surface area (Å²) in [6.45, 7) is 0. The highest BCUT2D eigenvalue weighted by Crippen LogP contribution is 1.91. The fourth-order valence-electron chi connectivity index (χ4n) is 0.109. The Morgan fingerprint density at radius 1 is 1.08 bits per heavy atom. The molecule has 13 heavy (non-hydrogen) atoms. The molecule has 0 aliphatic carbocycles. The smallest absolute Gasteiger partial charge is 0.328 e. The van der Waals surface area contributed by atoms with Crippen molar-refractivity contribution >= 4 is 20.8 Å². The summed E-state index contributed by atoms with van der Waals surface area (Å²) in [4.78, 5) is 8.36. The molecule has 80 valence electrons. The molecule has 0 amide bonds. The fraction of sp³-hybridized carbons (Fsp3) is 0. The summed E-state index contributed by atoms with van der Waals surface area (Å²) in [5.41, 5.74) is 0. The van der Waals surface area contributed by atoms with Crippen LogP contribution in [0.3, 0.4) is 0 Å². The number of hydrogen-bond acceptors (Lipinski definition) is 7. The van der Waals surface area contributed by atoms with Gasteiger partial charge in [0.2, 0.25) is 0 Å². The number of hydrogen-bond donors (Lipinski definition) is 3. The molecular formula is H3NO10S2. The van der Waals surface area contributed by atoms with E-state index in [0.717, 1.165) is 0 Å². The third-order valence-electron chi connectivity index (χ3n) is 0.172. The first-order valence-electron chi connectivity index (χ1n) is 1.93. The Hall–Kier alpha value is -1.02. The molecule has 0 unspecified atom stereocenters. The molecular weight excluding hydrogens is 238 g/mol. The van der Waals surface area contributed by atoms with E-state index in [0.29, 0.717) is 0 Å². The van der Waals surface area contributed by atoms with Crippen LogP contribution in [0.2, 0.25) is 0 Å². The molecule has 0 atom stereocenters. The minimum absolute atomic E-state index is 1.50. The predicted molar refractivity (Wildman–Crippen MR) is 33.0 cm³/mol. The SMILES string of the molecule is O=S(=O)(O)OS(=O)(=O)O.O=[N+]([O-])O. The van der Waals surface area contributed by atoms with E-state index in [1.165, 1.54) is 0 Å². The van der Waals surface area contributed by atoms with Gasteiger partial charge in [0.25, 0.3) is 5.09 Å². The van der Waals surface area contributed by atoms with E-state index >= 15 is 0 Å². The zero-order valence-corrected chi connectivity index (χ0v) is 7.10. The van der Waals surface area contributed by atoms with Crippen LogP contribution >= 0.6 is 0 Å². The van der Waals surface area contributed by atoms with Crippen molar-refractivity contribution in [3.63, 3.8) is 0 Å². The molecule has 0 saturated heterocycles. The Morgan fingerprint density at radius 2 is 1.23 bits per heavy atom. The van der Waals surface area contributed by atoms with Crippen molar-refractivity contribution < 1.29 is 39.9 Å². The van der Waals surface area contributed by atoms with Crippen molar-refractivity contribution in [2.75, 3.05) is 0 Å². The highest BCUT2D eigenvalue weighted by atomic mass is 32.3. The van der Waals surface area contributed by atoms with Crippen molar-refractivity contribution in [2.24, 2.45) is 0 Å². The zero-order valence-electron chi connectivity index (χ0n) is 5.46. The lowest BCUT2D eigenvalue weighted by Crippen LogP contribution is -2.10. The van der Waals surface area contributed by atoms with Crippen molar-refractivity contribution in [1.82, 2.24) is 0 Å². The molecule has 0 aromatic heterocycles. The van der Waals surface area contributed by atoms with Crippen LogP contribution in [0.5, 0.6) is 0 Å². The fourth-order valence-corrected chi connectivity index (χ4v) is 0.978. The van der Waals surface area contributed by atoms with Gasteiger partial charge in [-0.05, 0) is 0 Å². The van der Waals surface area contributed by atoms with Crippen LogP contribution in [-0.2, 0) is 24.4 Å². The van der Waals surface area contributed by atoms with Crippen LogP contribution in [0.4, 0.5) is 0 Å². The molecule has 0 fully saturated rings. The summed E-state index contributed by atoms with van der Waals surface area (Å²) in [5, 5.41) is 13.6. The van der Waals surface area contributed by atoms with Gasteiger partial charge in [-0.1, -0.05) is 0 Å². The highest BCUT2D eigenvalue weighted by Gasteiger charge is 2.15. The summed E-state index contributed by atoms with van der Waals surface area (Å²) >= 11 is 0. The third-order valence-corrected chi connectivity index (χ3v) is 1.55. The largest absolute Gasteiger partial charge is 0.413 e. The molecule has 0 aliphatic heterocycles. The van der Waals surface area contributed by atoms with Gasteiger partial charge in [-0.2, -0.15) is 16.8 Å². The minimum atomic E-state index is -5.12. The van der Waals surface area contributed by atoms with Crippen molar-refractivity contribution in [2.45, 2.75) is 0 Å². The van der Waals surface area contributed by atoms with Crippen LogP contribution in [0, 0.1) is 10.1 Å². The summed E-state index contributed by atoms with van der Waals surface area (Å²) in [6, 6.07) is 0. The maximum absolute atomic E-state index is 9.44. The van der Waals surface area contributed by atoms with Crippen LogP contribution in [0.1, 0.15) is 0 Å². The molecule has 3 N–H and O–H groups in total. The van der Waals surface area contributed by atoms with Crippen LogP contribution in [-0.4, -0.2) is 36.2 Å². The standard InChI is InChI=1S/HNO3.H2O7S2/c2-1(3)4;1-8(2,3)7-9(4,5)6/h(H,2,3,4);(H,1,2,3)(H,4,5,6). The molecule has 13 heteroatoms. The Labute approximate surface area is 71.6 Å². The van der Waals surface area contributed by atoms with Gasteiger partial charge in [-0.3, -0.25) is 9.11 Å². The third kappa shape index (κ3) is 35.7. The van der Waals surface area contributed by atoms with Crippen molar-refractivity contribution in [1.29, 1.82) is 0 Å². The quantitative estimate of drug-likeness (QED) is 0.285. The predicted octanol–water partition coefficient (Wildman–Crippen LogP) is -1.74. The second kappa shape index (κ2) is 4.87. The van der Waals surface area contributed by atoms with Crippen molar-refractivity contribution in [3.05, 3.63) is 10.1 Å². The summed E-state index contributed by atoms with van der Waals surface area (Å²) in [7, 11) is -10.2. The van der Waals surface area contributed by atoms with Gasteiger partial charge in [0.1, 0.15) is 0 Å². The Kier molecular flexibility index (Phi) is 5.44. The maximum Gasteiger partial charge on any atom is 0.413 e. The second-order valence-electron chi connectivity index (χ2n) is 1.16. The average Bonchev–Trinajstić information content (AvgIpc) is 1.47. The van der Waals surface area contributed by atoms with Gasteiger partial charge in [0.15, 0.2) is 0 Å². The van der Waals surface area contributed by atoms with Gasteiger partial charge in [0, 0.05) is 0 Å². The van der Waals surface area contributed by atoms with Gasteiger partial charge < -0.3 is 5.21 Å². The van der Waals surface area contributed by atoms with Gasteiger partial charge in [-0.15, -0.1) is 13.7 Å². The molecule has 0 radical (unpaired) electrons. The molecule has 0 saturated carbocycles. The minimum Gasteiger partial charge on any atom is -0.328 e. The Bertz CT molecular complexity index is 308. The first-order chi connectivity index (χ1) is 5.44. The summed E-state index contributed by atoms with van der Waals surface area (Å²) in [5.74, 6) is 0. The molecule has 0 spiro atoms. The molecule has 0 aliphatic rings. The number of nitrogens with zero attached hydrogens (tertiary/aromatic N) is 1. The van der Waals surface area contributed by atoms with Crippen LogP contribution in [0.15, 0.2) is 0 Å². The molecule has 11 nitrogen and oxygen atoms in total. The van der Waals surface area contributed by atoms with E-state index in [9.17, 15) is 16.8 Å². The van der Waals surface area contributed by atoms with E-state index in [1.807, 2.05) is 0 Å². The maximum atomic E-state index is 9.44. The van der Waals surface area contributed by atoms with E-state index in [4.69, 9.17) is 24.4 Å². The first kappa shape index (κ1) is 14.5. The van der Waals surface area contributed by atoms with E-state index in [2.05, 4.69) is 3.63 Å². The Balaban J connectivity index is 0. The lowest BCUT2D eigenvalue weighted by atomic mass is 13.1. The van der Waals surface area contributed by atoms with Gasteiger partial charge in [0.05, 0.1) is 0 Å². The summed E-state index contributed by atoms with van der Waals surface area (Å²) < 4.78 is 55.6. The average molecular weight is 241 g/mol. The van der Waals surface area contributed by atoms with Gasteiger partial charge in [-0.25, -0.2) is 0 Å². The molecule has 0 rings (SSSR count). The molecule has 0 aromatic rings. The molecule has 0 heterocycles. The first-order valence-corrected chi connectivity index (χ1v) is 4.66. The monoisotopic (exact) mass is 241 g/mol. The van der Waals surface area contributed by atoms with E-state index < -0.39 is 25.9 Å². The lowest BCUT2D eigenvalue weighted by Gasteiger charge is -1.89. The topological polar surface area (TPSA) is 181 Å². The molecule has 0 aromatic carbocycles. The van der Waals surface area contributed by atoms with Crippen LogP contribution < -0.4 is 0 Å². The molecule has 0 bridgehead atoms. The Morgan fingerprint density at radius 3 is 1.23 bits per heavy atom. The van der Waals surface area contributed by atoms with E-state index in [-0.39, 0.29) is 0 Å². The van der Waals surface area contributed by atoms with Crippen molar-refractivity contribution in [3.8, 4) is 0 Å². The van der Waals surface area contributed by atoms with Crippen LogP contribution in [0.25, 0.3) is 0 Å². The second-order valence-corrected chi connectivity index (χ2v) is 3.42. The van der Waals surface area contributed by atoms with Gasteiger partial charge >= 0.3 is 20.8 Å². The van der Waals surface area contributed by atoms with E-state index in [1.54, 1.807) is 0 Å². The normalized spacial score (nSPS) is 11.2. The zero-order chi connectivity index (χ0) is 11.3. The summed E-state index contributed by atoms with van der Waals surface area (Å²) in [6.07, 6.45) is 0.